The van der Waals surface area contributed by atoms with Crippen LogP contribution in [0.4, 0.5) is 4.79 Å². The molecule has 122 valence electrons. The van der Waals surface area contributed by atoms with Crippen LogP contribution in [0.3, 0.4) is 0 Å². The first-order valence-electron chi connectivity index (χ1n) is 6.77. The zero-order valence-electron chi connectivity index (χ0n) is 12.9. The van der Waals surface area contributed by atoms with Crippen molar-refractivity contribution in [2.24, 2.45) is 0 Å². The lowest BCUT2D eigenvalue weighted by molar-refractivity contribution is -0.217. The van der Waals surface area contributed by atoms with E-state index < -0.39 is 30.3 Å². The Balaban J connectivity index is 2.69. The van der Waals surface area contributed by atoms with Crippen LogP contribution in [-0.4, -0.2) is 45.6 Å². The van der Waals surface area contributed by atoms with Gasteiger partial charge in [0.05, 0.1) is 6.61 Å². The molecule has 0 bridgehead atoms. The van der Waals surface area contributed by atoms with Crippen molar-refractivity contribution in [2.45, 2.75) is 39.0 Å². The van der Waals surface area contributed by atoms with Crippen LogP contribution < -0.4 is 0 Å². The average Bonchev–Trinajstić information content (AvgIpc) is 2.44. The number of hydrogen-bond donors (Lipinski definition) is 2. The zero-order chi connectivity index (χ0) is 16.8. The van der Waals surface area contributed by atoms with Gasteiger partial charge in [-0.05, 0) is 26.3 Å². The maximum absolute atomic E-state index is 11.8. The molecule has 1 aromatic rings. The summed E-state index contributed by atoms with van der Waals surface area (Å²) in [4.78, 5) is 27.9. The summed E-state index contributed by atoms with van der Waals surface area (Å²) >= 11 is 0. The van der Waals surface area contributed by atoms with Gasteiger partial charge < -0.3 is 19.8 Å². The Bertz CT molecular complexity index is 497. The van der Waals surface area contributed by atoms with Crippen LogP contribution in [0.15, 0.2) is 30.3 Å². The summed E-state index contributed by atoms with van der Waals surface area (Å²) in [5, 5.41) is 19.2. The molecule has 1 aromatic carbocycles. The number of nitrogens with zero attached hydrogens (tertiary/aromatic N) is 1. The topological polar surface area (TPSA) is 96.3 Å². The minimum absolute atomic E-state index is 0.00845. The summed E-state index contributed by atoms with van der Waals surface area (Å²) in [6, 6.07) is 7.63. The van der Waals surface area contributed by atoms with Crippen molar-refractivity contribution in [3.8, 4) is 0 Å². The molecule has 0 saturated carbocycles. The first-order valence-corrected chi connectivity index (χ1v) is 6.77. The molecule has 0 saturated heterocycles. The Hall–Kier alpha value is -2.12. The van der Waals surface area contributed by atoms with Crippen molar-refractivity contribution in [1.29, 1.82) is 0 Å². The fourth-order valence-electron chi connectivity index (χ4n) is 1.74. The van der Waals surface area contributed by atoms with Gasteiger partial charge in [0, 0.05) is 5.54 Å². The lowest BCUT2D eigenvalue weighted by Crippen LogP contribution is -2.54. The first-order chi connectivity index (χ1) is 10.3. The van der Waals surface area contributed by atoms with E-state index in [-0.39, 0.29) is 6.61 Å². The van der Waals surface area contributed by atoms with Gasteiger partial charge in [-0.2, -0.15) is 0 Å². The van der Waals surface area contributed by atoms with Gasteiger partial charge >= 0.3 is 12.1 Å². The molecule has 0 aromatic heterocycles. The number of carboxylic acid groups (broad SMARTS) is 1. The van der Waals surface area contributed by atoms with E-state index in [9.17, 15) is 14.7 Å². The third-order valence-electron chi connectivity index (χ3n) is 2.77. The quantitative estimate of drug-likeness (QED) is 0.611. The molecule has 2 N–H and O–H groups in total. The summed E-state index contributed by atoms with van der Waals surface area (Å²) in [6.07, 6.45) is -1.03. The van der Waals surface area contributed by atoms with Crippen LogP contribution >= 0.6 is 0 Å². The van der Waals surface area contributed by atoms with E-state index in [0.29, 0.717) is 0 Å². The normalized spacial score (nSPS) is 12.8. The molecule has 0 aliphatic rings. The maximum Gasteiger partial charge on any atom is 0.528 e. The van der Waals surface area contributed by atoms with Gasteiger partial charge in [0.1, 0.15) is 6.61 Å². The summed E-state index contributed by atoms with van der Waals surface area (Å²) in [7, 11) is 0. The van der Waals surface area contributed by atoms with Crippen molar-refractivity contribution in [2.75, 3.05) is 6.61 Å². The number of rotatable bonds is 6. The Labute approximate surface area is 129 Å². The third-order valence-corrected chi connectivity index (χ3v) is 2.77. The predicted octanol–water partition coefficient (Wildman–Crippen LogP) is 1.80. The number of aliphatic hydroxyl groups is 1. The standard InChI is InChI=1S/C15H21NO6/c1-15(2,3)16(12(9-17)13(18)19)22-14(20)21-10-11-7-5-4-6-8-11/h4-8,12,17H,9-10H2,1-3H3,(H,18,19)/t12-/m1/s1. The Morgan fingerprint density at radius 3 is 2.27 bits per heavy atom. The van der Waals surface area contributed by atoms with E-state index in [4.69, 9.17) is 14.7 Å². The minimum Gasteiger partial charge on any atom is -0.480 e. The first kappa shape index (κ1) is 17.9. The fraction of sp³-hybridized carbons (Fsp3) is 0.467. The lowest BCUT2D eigenvalue weighted by Gasteiger charge is -2.36. The molecule has 22 heavy (non-hydrogen) atoms. The average molecular weight is 311 g/mol. The number of ether oxygens (including phenoxy) is 1. The number of hydroxylamine groups is 2. The Kier molecular flexibility index (Phi) is 6.33. The second-order valence-corrected chi connectivity index (χ2v) is 5.65. The second kappa shape index (κ2) is 7.77. The number of carboxylic acids is 1. The highest BCUT2D eigenvalue weighted by atomic mass is 16.8. The van der Waals surface area contributed by atoms with Crippen LogP contribution in [-0.2, 0) is 21.0 Å². The second-order valence-electron chi connectivity index (χ2n) is 5.65. The largest absolute Gasteiger partial charge is 0.528 e. The van der Waals surface area contributed by atoms with Crippen molar-refractivity contribution in [3.05, 3.63) is 35.9 Å². The number of carbonyl (C=O) groups excluding carboxylic acids is 1. The molecule has 0 aliphatic carbocycles. The third kappa shape index (κ3) is 5.34. The number of benzene rings is 1. The molecular formula is C15H21NO6. The number of carbonyl (C=O) groups is 2. The molecule has 1 atom stereocenters. The Morgan fingerprint density at radius 2 is 1.82 bits per heavy atom. The zero-order valence-corrected chi connectivity index (χ0v) is 12.9. The van der Waals surface area contributed by atoms with E-state index in [0.717, 1.165) is 10.6 Å². The molecule has 0 radical (unpaired) electrons. The monoisotopic (exact) mass is 311 g/mol. The number of aliphatic carboxylic acids is 1. The van der Waals surface area contributed by atoms with E-state index in [1.165, 1.54) is 0 Å². The number of hydrogen-bond acceptors (Lipinski definition) is 6. The molecule has 1 rings (SSSR count). The summed E-state index contributed by atoms with van der Waals surface area (Å²) < 4.78 is 4.95. The van der Waals surface area contributed by atoms with Gasteiger partial charge in [-0.3, -0.25) is 4.79 Å². The Morgan fingerprint density at radius 1 is 1.23 bits per heavy atom. The highest BCUT2D eigenvalue weighted by Gasteiger charge is 2.37. The van der Waals surface area contributed by atoms with Crippen LogP contribution in [0.5, 0.6) is 0 Å². The maximum atomic E-state index is 11.8. The molecule has 0 amide bonds. The van der Waals surface area contributed by atoms with Crippen LogP contribution in [0, 0.1) is 0 Å². The molecule has 0 aliphatic heterocycles. The van der Waals surface area contributed by atoms with Crippen molar-refractivity contribution < 1.29 is 29.4 Å². The van der Waals surface area contributed by atoms with Crippen molar-refractivity contribution in [1.82, 2.24) is 5.06 Å². The van der Waals surface area contributed by atoms with E-state index in [1.807, 2.05) is 6.07 Å². The SMILES string of the molecule is CC(C)(C)N(OC(=O)OCc1ccccc1)[C@H](CO)C(=O)O. The highest BCUT2D eigenvalue weighted by molar-refractivity contribution is 5.74. The minimum atomic E-state index is -1.37. The van der Waals surface area contributed by atoms with Crippen LogP contribution in [0.1, 0.15) is 26.3 Å². The molecular weight excluding hydrogens is 290 g/mol. The molecule has 7 heteroatoms. The molecule has 0 fully saturated rings. The molecule has 7 nitrogen and oxygen atoms in total. The van der Waals surface area contributed by atoms with E-state index >= 15 is 0 Å². The summed E-state index contributed by atoms with van der Waals surface area (Å²) in [5.41, 5.74) is -0.0453. The van der Waals surface area contributed by atoms with Crippen LogP contribution in [0.2, 0.25) is 0 Å². The van der Waals surface area contributed by atoms with Gasteiger partial charge in [0.25, 0.3) is 0 Å². The highest BCUT2D eigenvalue weighted by Crippen LogP contribution is 2.19. The van der Waals surface area contributed by atoms with E-state index in [2.05, 4.69) is 0 Å². The van der Waals surface area contributed by atoms with Gasteiger partial charge in [-0.1, -0.05) is 30.3 Å². The van der Waals surface area contributed by atoms with E-state index in [1.54, 1.807) is 45.0 Å². The predicted molar refractivity (Wildman–Crippen MR) is 77.8 cm³/mol. The summed E-state index contributed by atoms with van der Waals surface area (Å²) in [6.45, 7) is 4.28. The van der Waals surface area contributed by atoms with Crippen molar-refractivity contribution >= 4 is 12.1 Å². The fourth-order valence-corrected chi connectivity index (χ4v) is 1.74. The summed E-state index contributed by atoms with van der Waals surface area (Å²) in [5.74, 6) is -1.30. The molecule has 0 heterocycles. The number of aliphatic hydroxyl groups excluding tert-OH is 1. The lowest BCUT2D eigenvalue weighted by atomic mass is 10.1. The molecule has 0 unspecified atom stereocenters. The van der Waals surface area contributed by atoms with Crippen LogP contribution in [0.25, 0.3) is 0 Å². The van der Waals surface area contributed by atoms with Gasteiger partial charge in [-0.25, -0.2) is 4.79 Å². The molecule has 0 spiro atoms. The van der Waals surface area contributed by atoms with Gasteiger partial charge in [0.2, 0.25) is 0 Å². The van der Waals surface area contributed by atoms with Gasteiger partial charge in [0.15, 0.2) is 6.04 Å². The smallest absolute Gasteiger partial charge is 0.480 e. The van der Waals surface area contributed by atoms with Crippen molar-refractivity contribution in [3.63, 3.8) is 0 Å². The van der Waals surface area contributed by atoms with Gasteiger partial charge in [-0.15, -0.1) is 5.06 Å².